The maximum absolute atomic E-state index is 12.9. The number of tetrazole rings is 1. The zero-order valence-electron chi connectivity index (χ0n) is 13.2. The van der Waals surface area contributed by atoms with E-state index in [0.29, 0.717) is 18.2 Å². The van der Waals surface area contributed by atoms with Crippen LogP contribution in [0, 0.1) is 11.3 Å². The minimum absolute atomic E-state index is 0.110. The number of hydrogen-bond donors (Lipinski definition) is 1. The minimum atomic E-state index is -0.369. The highest BCUT2D eigenvalue weighted by Crippen LogP contribution is 2.48. The van der Waals surface area contributed by atoms with Crippen molar-refractivity contribution in [3.63, 3.8) is 0 Å². The van der Waals surface area contributed by atoms with E-state index in [2.05, 4.69) is 32.4 Å². The lowest BCUT2D eigenvalue weighted by molar-refractivity contribution is -0.170. The van der Waals surface area contributed by atoms with Gasteiger partial charge in [0.15, 0.2) is 5.82 Å². The number of likely N-dealkylation sites (tertiary alicyclic amines) is 1. The number of carbonyl (C=O) groups is 1. The normalized spacial score (nSPS) is 28.9. The Hall–Kier alpha value is -1.46. The smallest absolute Gasteiger partial charge is 0.228 e. The largest absolute Gasteiger partial charge is 0.336 e. The quantitative estimate of drug-likeness (QED) is 0.920. The number of nitrogens with zero attached hydrogens (tertiary/aromatic N) is 4. The highest BCUT2D eigenvalue weighted by Gasteiger charge is 2.54. The molecule has 2 fully saturated rings. The molecule has 2 aliphatic rings. The van der Waals surface area contributed by atoms with E-state index in [9.17, 15) is 4.79 Å². The van der Waals surface area contributed by atoms with Crippen LogP contribution in [0.15, 0.2) is 0 Å². The zero-order valence-corrected chi connectivity index (χ0v) is 13.2. The first-order valence-electron chi connectivity index (χ1n) is 7.98. The summed E-state index contributed by atoms with van der Waals surface area (Å²) in [5.41, 5.74) is -0.259. The van der Waals surface area contributed by atoms with Crippen molar-refractivity contribution in [3.8, 4) is 0 Å². The molecule has 21 heavy (non-hydrogen) atoms. The first-order chi connectivity index (χ1) is 9.93. The first-order valence-corrected chi connectivity index (χ1v) is 7.98. The van der Waals surface area contributed by atoms with Crippen LogP contribution in [0.4, 0.5) is 0 Å². The molecule has 1 N–H and O–H groups in total. The molecule has 0 unspecified atom stereocenters. The third-order valence-corrected chi connectivity index (χ3v) is 5.57. The molecule has 1 aliphatic carbocycles. The highest BCUT2D eigenvalue weighted by molar-refractivity contribution is 5.83. The summed E-state index contributed by atoms with van der Waals surface area (Å²) in [6.45, 7) is 7.29. The van der Waals surface area contributed by atoms with Gasteiger partial charge in [-0.2, -0.15) is 5.21 Å². The molecule has 6 heteroatoms. The molecule has 1 saturated carbocycles. The lowest BCUT2D eigenvalue weighted by Crippen LogP contribution is -2.70. The van der Waals surface area contributed by atoms with Gasteiger partial charge in [-0.15, -0.1) is 10.2 Å². The summed E-state index contributed by atoms with van der Waals surface area (Å²) in [7, 11) is 0. The lowest BCUT2D eigenvalue weighted by atomic mass is 9.65. The van der Waals surface area contributed by atoms with Gasteiger partial charge >= 0.3 is 0 Å². The van der Waals surface area contributed by atoms with Crippen LogP contribution in [0.1, 0.15) is 58.7 Å². The summed E-state index contributed by atoms with van der Waals surface area (Å²) < 4.78 is 0. The number of rotatable bonds is 4. The van der Waals surface area contributed by atoms with Crippen LogP contribution in [-0.4, -0.2) is 43.5 Å². The first kappa shape index (κ1) is 14.5. The van der Waals surface area contributed by atoms with Crippen molar-refractivity contribution in [2.75, 3.05) is 6.54 Å². The Balaban J connectivity index is 1.64. The average molecular weight is 291 g/mol. The molecule has 1 aliphatic heterocycles. The number of fused-ring (bicyclic) bond motifs is 1. The molecular weight excluding hydrogens is 266 g/mol. The Bertz CT molecular complexity index is 512. The minimum Gasteiger partial charge on any atom is -0.336 e. The Morgan fingerprint density at radius 3 is 2.95 bits per heavy atom. The molecule has 2 heterocycles. The molecule has 0 bridgehead atoms. The molecule has 1 aromatic rings. The van der Waals surface area contributed by atoms with Gasteiger partial charge in [0, 0.05) is 23.9 Å². The van der Waals surface area contributed by atoms with Crippen LogP contribution in [-0.2, 0) is 11.2 Å². The van der Waals surface area contributed by atoms with Crippen molar-refractivity contribution in [3.05, 3.63) is 5.82 Å². The third kappa shape index (κ3) is 2.45. The van der Waals surface area contributed by atoms with Crippen LogP contribution in [0.25, 0.3) is 0 Å². The van der Waals surface area contributed by atoms with Gasteiger partial charge in [0.2, 0.25) is 5.91 Å². The molecule has 0 radical (unpaired) electrons. The second-order valence-corrected chi connectivity index (χ2v) is 7.43. The van der Waals surface area contributed by atoms with Gasteiger partial charge in [-0.3, -0.25) is 4.79 Å². The molecular formula is C15H25N5O. The number of aryl methyl sites for hydroxylation is 1. The second kappa shape index (κ2) is 5.07. The van der Waals surface area contributed by atoms with Crippen LogP contribution in [0.5, 0.6) is 0 Å². The third-order valence-electron chi connectivity index (χ3n) is 5.57. The van der Waals surface area contributed by atoms with E-state index in [1.54, 1.807) is 0 Å². The van der Waals surface area contributed by atoms with Crippen molar-refractivity contribution in [1.29, 1.82) is 0 Å². The van der Waals surface area contributed by atoms with Crippen molar-refractivity contribution in [2.45, 2.75) is 64.8 Å². The van der Waals surface area contributed by atoms with E-state index in [4.69, 9.17) is 0 Å². The number of hydrogen-bond acceptors (Lipinski definition) is 4. The van der Waals surface area contributed by atoms with Crippen molar-refractivity contribution in [1.82, 2.24) is 25.5 Å². The van der Waals surface area contributed by atoms with Crippen LogP contribution in [0.2, 0.25) is 0 Å². The molecule has 3 rings (SSSR count). The highest BCUT2D eigenvalue weighted by atomic mass is 16.2. The van der Waals surface area contributed by atoms with Gasteiger partial charge in [-0.1, -0.05) is 31.9 Å². The Kier molecular flexibility index (Phi) is 3.50. The van der Waals surface area contributed by atoms with E-state index in [-0.39, 0.29) is 16.9 Å². The lowest BCUT2D eigenvalue weighted by Gasteiger charge is -2.61. The van der Waals surface area contributed by atoms with Gasteiger partial charge in [0.25, 0.3) is 0 Å². The monoisotopic (exact) mass is 291 g/mol. The molecule has 0 aromatic carbocycles. The van der Waals surface area contributed by atoms with E-state index in [1.165, 1.54) is 19.3 Å². The fourth-order valence-electron chi connectivity index (χ4n) is 3.85. The number of H-pyrrole nitrogens is 1. The number of aromatic nitrogens is 4. The van der Waals surface area contributed by atoms with E-state index >= 15 is 0 Å². The number of aromatic amines is 1. The topological polar surface area (TPSA) is 74.8 Å². The molecule has 1 aromatic heterocycles. The second-order valence-electron chi connectivity index (χ2n) is 7.43. The van der Waals surface area contributed by atoms with Crippen molar-refractivity contribution >= 4 is 5.91 Å². The summed E-state index contributed by atoms with van der Waals surface area (Å²) in [4.78, 5) is 15.1. The molecule has 116 valence electrons. The van der Waals surface area contributed by atoms with Gasteiger partial charge in [0.1, 0.15) is 0 Å². The van der Waals surface area contributed by atoms with Crippen LogP contribution in [0.3, 0.4) is 0 Å². The maximum Gasteiger partial charge on any atom is 0.228 e. The Morgan fingerprint density at radius 1 is 1.48 bits per heavy atom. The fourth-order valence-corrected chi connectivity index (χ4v) is 3.85. The fraction of sp³-hybridized carbons (Fsp3) is 0.867. The Morgan fingerprint density at radius 2 is 2.29 bits per heavy atom. The summed E-state index contributed by atoms with van der Waals surface area (Å²) in [6, 6.07) is 0. The van der Waals surface area contributed by atoms with Gasteiger partial charge < -0.3 is 4.90 Å². The van der Waals surface area contributed by atoms with Gasteiger partial charge in [-0.05, 0) is 32.1 Å². The van der Waals surface area contributed by atoms with Crippen molar-refractivity contribution in [2.24, 2.45) is 11.3 Å². The Labute approximate surface area is 125 Å². The van der Waals surface area contributed by atoms with Crippen LogP contribution >= 0.6 is 0 Å². The van der Waals surface area contributed by atoms with E-state index in [0.717, 1.165) is 19.4 Å². The average Bonchev–Trinajstić information content (AvgIpc) is 2.95. The number of amides is 1. The van der Waals surface area contributed by atoms with Crippen LogP contribution < -0.4 is 0 Å². The summed E-state index contributed by atoms with van der Waals surface area (Å²) in [5.74, 6) is 1.68. The molecule has 1 amide bonds. The maximum atomic E-state index is 12.9. The number of carbonyl (C=O) groups excluding carboxylic acids is 1. The summed E-state index contributed by atoms with van der Waals surface area (Å²) in [5, 5.41) is 14.0. The van der Waals surface area contributed by atoms with Crippen molar-refractivity contribution < 1.29 is 4.79 Å². The molecule has 1 saturated heterocycles. The van der Waals surface area contributed by atoms with E-state index in [1.807, 2.05) is 13.8 Å². The van der Waals surface area contributed by atoms with E-state index < -0.39 is 0 Å². The predicted molar refractivity (Wildman–Crippen MR) is 78.4 cm³/mol. The molecule has 0 spiro atoms. The summed E-state index contributed by atoms with van der Waals surface area (Å²) in [6.07, 6.45) is 6.45. The standard InChI is InChI=1S/C15H25N5O/c1-14(2,9-7-12-16-18-19-17-12)13(21)20-10-11-6-4-5-8-15(11,20)3/h11H,4-10H2,1-3H3,(H,16,17,18,19)/t11-,15-/m0/s1. The molecule has 2 atom stereocenters. The number of nitrogens with one attached hydrogen (secondary N) is 1. The van der Waals surface area contributed by atoms with Gasteiger partial charge in [0.05, 0.1) is 0 Å². The summed E-state index contributed by atoms with van der Waals surface area (Å²) >= 11 is 0. The van der Waals surface area contributed by atoms with Gasteiger partial charge in [-0.25, -0.2) is 0 Å². The zero-order chi connectivity index (χ0) is 15.1. The SMILES string of the molecule is CC(C)(CCc1nn[nH]n1)C(=O)N1C[C@@H]2CCCC[C@@]21C. The molecule has 6 nitrogen and oxygen atoms in total. The predicted octanol–water partition coefficient (Wildman–Crippen LogP) is 1.95.